The largest absolute Gasteiger partial charge is 0.346 e. The maximum absolute atomic E-state index is 11.2. The minimum atomic E-state index is -0.526. The summed E-state index contributed by atoms with van der Waals surface area (Å²) < 4.78 is 0. The summed E-state index contributed by atoms with van der Waals surface area (Å²) in [5, 5.41) is 5.22. The van der Waals surface area contributed by atoms with Gasteiger partial charge in [0.1, 0.15) is 0 Å². The molecule has 0 aromatic rings. The van der Waals surface area contributed by atoms with E-state index >= 15 is 0 Å². The van der Waals surface area contributed by atoms with Gasteiger partial charge in [-0.2, -0.15) is 0 Å². The van der Waals surface area contributed by atoms with Crippen molar-refractivity contribution in [3.05, 3.63) is 0 Å². The molecule has 0 atom stereocenters. The molecule has 1 rings (SSSR count). The van der Waals surface area contributed by atoms with Crippen LogP contribution in [0.4, 0.5) is 0 Å². The maximum Gasteiger partial charge on any atom is 0.309 e. The molecule has 1 saturated carbocycles. The second-order valence-corrected chi connectivity index (χ2v) is 3.73. The van der Waals surface area contributed by atoms with E-state index in [1.807, 2.05) is 13.8 Å². The summed E-state index contributed by atoms with van der Waals surface area (Å²) in [5.41, 5.74) is 0. The number of hydrogen-bond donors (Lipinski definition) is 2. The molecule has 74 valence electrons. The first-order chi connectivity index (χ1) is 6.09. The van der Waals surface area contributed by atoms with Gasteiger partial charge < -0.3 is 10.6 Å². The summed E-state index contributed by atoms with van der Waals surface area (Å²) in [6.07, 6.45) is 3.15. The number of carbonyl (C=O) groups is 2. The van der Waals surface area contributed by atoms with Gasteiger partial charge in [-0.25, -0.2) is 0 Å². The Hall–Kier alpha value is -1.06. The number of amides is 2. The first kappa shape index (κ1) is 10.0. The van der Waals surface area contributed by atoms with Crippen molar-refractivity contribution < 1.29 is 9.59 Å². The Morgan fingerprint density at radius 2 is 1.85 bits per heavy atom. The van der Waals surface area contributed by atoms with Crippen LogP contribution in [0, 0.1) is 0 Å². The maximum atomic E-state index is 11.2. The summed E-state index contributed by atoms with van der Waals surface area (Å²) >= 11 is 0. The van der Waals surface area contributed by atoms with Gasteiger partial charge in [-0.3, -0.25) is 9.59 Å². The molecule has 2 N–H and O–H groups in total. The highest BCUT2D eigenvalue weighted by atomic mass is 16.2. The Balaban J connectivity index is 2.25. The van der Waals surface area contributed by atoms with Crippen molar-refractivity contribution in [2.24, 2.45) is 0 Å². The second-order valence-electron chi connectivity index (χ2n) is 3.73. The van der Waals surface area contributed by atoms with E-state index in [1.165, 1.54) is 0 Å². The first-order valence-electron chi connectivity index (χ1n) is 4.71. The van der Waals surface area contributed by atoms with Crippen molar-refractivity contribution in [3.8, 4) is 0 Å². The van der Waals surface area contributed by atoms with Crippen LogP contribution >= 0.6 is 0 Å². The summed E-state index contributed by atoms with van der Waals surface area (Å²) in [7, 11) is 0. The normalized spacial score (nSPS) is 16.5. The quantitative estimate of drug-likeness (QED) is 0.601. The fourth-order valence-corrected chi connectivity index (χ4v) is 1.13. The number of nitrogens with one attached hydrogen (secondary N) is 2. The van der Waals surface area contributed by atoms with E-state index in [2.05, 4.69) is 10.6 Å². The number of hydrogen-bond acceptors (Lipinski definition) is 2. The van der Waals surface area contributed by atoms with Crippen molar-refractivity contribution in [2.45, 2.75) is 45.2 Å². The van der Waals surface area contributed by atoms with Gasteiger partial charge in [-0.05, 0) is 33.1 Å². The van der Waals surface area contributed by atoms with Crippen LogP contribution in [0.3, 0.4) is 0 Å². The average molecular weight is 184 g/mol. The molecule has 0 aromatic carbocycles. The molecule has 1 fully saturated rings. The van der Waals surface area contributed by atoms with Gasteiger partial charge >= 0.3 is 11.8 Å². The Labute approximate surface area is 78.1 Å². The Kier molecular flexibility index (Phi) is 3.28. The summed E-state index contributed by atoms with van der Waals surface area (Å²) in [6.45, 7) is 3.66. The van der Waals surface area contributed by atoms with Crippen LogP contribution in [0.1, 0.15) is 33.1 Å². The molecule has 0 saturated heterocycles. The lowest BCUT2D eigenvalue weighted by Crippen LogP contribution is -2.48. The summed E-state index contributed by atoms with van der Waals surface area (Å²) in [5.74, 6) is -1.03. The zero-order chi connectivity index (χ0) is 9.84. The van der Waals surface area contributed by atoms with Gasteiger partial charge in [-0.15, -0.1) is 0 Å². The van der Waals surface area contributed by atoms with Crippen LogP contribution in [-0.2, 0) is 9.59 Å². The fraction of sp³-hybridized carbons (Fsp3) is 0.778. The van der Waals surface area contributed by atoms with Crippen molar-refractivity contribution in [2.75, 3.05) is 0 Å². The first-order valence-corrected chi connectivity index (χ1v) is 4.71. The minimum Gasteiger partial charge on any atom is -0.346 e. The number of rotatable bonds is 2. The average Bonchev–Trinajstić information content (AvgIpc) is 1.94. The highest BCUT2D eigenvalue weighted by molar-refractivity contribution is 6.35. The molecule has 0 spiro atoms. The smallest absolute Gasteiger partial charge is 0.309 e. The lowest BCUT2D eigenvalue weighted by molar-refractivity contribution is -0.140. The van der Waals surface area contributed by atoms with E-state index in [1.54, 1.807) is 0 Å². The molecular weight excluding hydrogens is 168 g/mol. The molecule has 0 aliphatic heterocycles. The molecule has 0 heterocycles. The Morgan fingerprint density at radius 3 is 2.23 bits per heavy atom. The van der Waals surface area contributed by atoms with Crippen molar-refractivity contribution >= 4 is 11.8 Å². The standard InChI is InChI=1S/C9H16N2O2/c1-6(2)10-8(12)9(13)11-7-4-3-5-7/h6-7H,3-5H2,1-2H3,(H,10,12)(H,11,13). The van der Waals surface area contributed by atoms with E-state index in [-0.39, 0.29) is 12.1 Å². The minimum absolute atomic E-state index is 0.0136. The third-order valence-corrected chi connectivity index (χ3v) is 2.07. The molecule has 0 aromatic heterocycles. The zero-order valence-corrected chi connectivity index (χ0v) is 8.09. The predicted octanol–water partition coefficient (Wildman–Crippen LogP) is 0.180. The van der Waals surface area contributed by atoms with Gasteiger partial charge in [0.25, 0.3) is 0 Å². The second kappa shape index (κ2) is 4.25. The van der Waals surface area contributed by atoms with Crippen molar-refractivity contribution in [3.63, 3.8) is 0 Å². The third kappa shape index (κ3) is 3.05. The van der Waals surface area contributed by atoms with E-state index in [0.717, 1.165) is 19.3 Å². The SMILES string of the molecule is CC(C)NC(=O)C(=O)NC1CCC1. The lowest BCUT2D eigenvalue weighted by atomic mass is 9.93. The fourth-order valence-electron chi connectivity index (χ4n) is 1.13. The van der Waals surface area contributed by atoms with Gasteiger partial charge in [0.05, 0.1) is 0 Å². The van der Waals surface area contributed by atoms with E-state index in [0.29, 0.717) is 0 Å². The highest BCUT2D eigenvalue weighted by Gasteiger charge is 2.23. The highest BCUT2D eigenvalue weighted by Crippen LogP contribution is 2.17. The zero-order valence-electron chi connectivity index (χ0n) is 8.09. The Morgan fingerprint density at radius 1 is 1.23 bits per heavy atom. The van der Waals surface area contributed by atoms with Crippen LogP contribution in [-0.4, -0.2) is 23.9 Å². The molecule has 0 bridgehead atoms. The summed E-state index contributed by atoms with van der Waals surface area (Å²) in [4.78, 5) is 22.3. The molecule has 1 aliphatic rings. The van der Waals surface area contributed by atoms with E-state index < -0.39 is 11.8 Å². The van der Waals surface area contributed by atoms with Crippen LogP contribution in [0.25, 0.3) is 0 Å². The monoisotopic (exact) mass is 184 g/mol. The van der Waals surface area contributed by atoms with Gasteiger partial charge in [0.2, 0.25) is 0 Å². The van der Waals surface area contributed by atoms with Crippen LogP contribution < -0.4 is 10.6 Å². The van der Waals surface area contributed by atoms with Gasteiger partial charge in [0.15, 0.2) is 0 Å². The topological polar surface area (TPSA) is 58.2 Å². The Bertz CT molecular complexity index is 210. The molecule has 1 aliphatic carbocycles. The molecule has 2 amide bonds. The van der Waals surface area contributed by atoms with Crippen LogP contribution in [0.5, 0.6) is 0 Å². The van der Waals surface area contributed by atoms with E-state index in [9.17, 15) is 9.59 Å². The van der Waals surface area contributed by atoms with Crippen molar-refractivity contribution in [1.82, 2.24) is 10.6 Å². The molecule has 0 unspecified atom stereocenters. The molecule has 4 heteroatoms. The van der Waals surface area contributed by atoms with Crippen LogP contribution in [0.15, 0.2) is 0 Å². The third-order valence-electron chi connectivity index (χ3n) is 2.07. The molecular formula is C9H16N2O2. The van der Waals surface area contributed by atoms with E-state index in [4.69, 9.17) is 0 Å². The molecule has 4 nitrogen and oxygen atoms in total. The summed E-state index contributed by atoms with van der Waals surface area (Å²) in [6, 6.07) is 0.241. The predicted molar refractivity (Wildman–Crippen MR) is 49.1 cm³/mol. The van der Waals surface area contributed by atoms with Gasteiger partial charge in [0, 0.05) is 12.1 Å². The van der Waals surface area contributed by atoms with Crippen molar-refractivity contribution in [1.29, 1.82) is 0 Å². The van der Waals surface area contributed by atoms with Gasteiger partial charge in [-0.1, -0.05) is 0 Å². The molecule has 13 heavy (non-hydrogen) atoms. The lowest BCUT2D eigenvalue weighted by Gasteiger charge is -2.26. The van der Waals surface area contributed by atoms with Crippen LogP contribution in [0.2, 0.25) is 0 Å². The number of carbonyl (C=O) groups excluding carboxylic acids is 2. The molecule has 0 radical (unpaired) electrons.